The molecule has 0 unspecified atom stereocenters. The molecule has 0 radical (unpaired) electrons. The van der Waals surface area contributed by atoms with Crippen LogP contribution in [-0.2, 0) is 9.47 Å². The minimum atomic E-state index is -1.01. The summed E-state index contributed by atoms with van der Waals surface area (Å²) in [5.41, 5.74) is 4.56. The highest BCUT2D eigenvalue weighted by Gasteiger charge is 2.41. The van der Waals surface area contributed by atoms with E-state index in [1.54, 1.807) is 0 Å². The second-order valence-electron chi connectivity index (χ2n) is 5.23. The summed E-state index contributed by atoms with van der Waals surface area (Å²) in [7, 11) is 0. The lowest BCUT2D eigenvalue weighted by Crippen LogP contribution is -2.47. The van der Waals surface area contributed by atoms with E-state index in [9.17, 15) is 13.6 Å². The Kier molecular flexibility index (Phi) is 3.54. The molecule has 2 saturated heterocycles. The summed E-state index contributed by atoms with van der Waals surface area (Å²) < 4.78 is 38.7. The molecule has 1 amide bonds. The van der Waals surface area contributed by atoms with Crippen LogP contribution in [0.5, 0.6) is 0 Å². The monoisotopic (exact) mass is 298 g/mol. The van der Waals surface area contributed by atoms with Gasteiger partial charge in [0.15, 0.2) is 11.6 Å². The number of nitrogen functional groups attached to an aromatic ring is 1. The van der Waals surface area contributed by atoms with Gasteiger partial charge in [0.25, 0.3) is 5.91 Å². The van der Waals surface area contributed by atoms with Crippen LogP contribution < -0.4 is 5.73 Å². The van der Waals surface area contributed by atoms with Crippen molar-refractivity contribution in [1.29, 1.82) is 0 Å². The number of carbonyl (C=O) groups excluding carboxylic acids is 1. The highest BCUT2D eigenvalue weighted by Crippen LogP contribution is 2.32. The van der Waals surface area contributed by atoms with Crippen molar-refractivity contribution < 1.29 is 23.0 Å². The molecule has 5 nitrogen and oxygen atoms in total. The number of amides is 1. The first kappa shape index (κ1) is 14.2. The molecule has 0 aliphatic carbocycles. The third-order valence-electron chi connectivity index (χ3n) is 3.96. The Morgan fingerprint density at radius 3 is 2.43 bits per heavy atom. The van der Waals surface area contributed by atoms with Gasteiger partial charge in [0.2, 0.25) is 0 Å². The Bertz CT molecular complexity index is 564. The van der Waals surface area contributed by atoms with Gasteiger partial charge in [-0.2, -0.15) is 0 Å². The Labute approximate surface area is 120 Å². The zero-order valence-corrected chi connectivity index (χ0v) is 11.4. The number of carbonyl (C=O) groups is 1. The summed E-state index contributed by atoms with van der Waals surface area (Å²) in [5, 5.41) is 0. The fourth-order valence-electron chi connectivity index (χ4n) is 2.76. The maximum atomic E-state index is 13.9. The predicted molar refractivity (Wildman–Crippen MR) is 70.5 cm³/mol. The lowest BCUT2D eigenvalue weighted by Gasteiger charge is -2.37. The molecule has 114 valence electrons. The van der Waals surface area contributed by atoms with Crippen LogP contribution in [0.3, 0.4) is 0 Å². The topological polar surface area (TPSA) is 64.8 Å². The number of ether oxygens (including phenoxy) is 2. The van der Waals surface area contributed by atoms with E-state index >= 15 is 0 Å². The molecule has 2 fully saturated rings. The molecule has 2 aliphatic heterocycles. The van der Waals surface area contributed by atoms with Crippen molar-refractivity contribution in [2.24, 2.45) is 0 Å². The third-order valence-corrected chi connectivity index (χ3v) is 3.96. The zero-order chi connectivity index (χ0) is 15.0. The van der Waals surface area contributed by atoms with Gasteiger partial charge in [0.1, 0.15) is 11.4 Å². The van der Waals surface area contributed by atoms with Crippen molar-refractivity contribution in [1.82, 2.24) is 4.90 Å². The van der Waals surface area contributed by atoms with E-state index in [-0.39, 0.29) is 5.69 Å². The molecule has 2 aliphatic rings. The first-order valence-electron chi connectivity index (χ1n) is 6.83. The molecule has 0 saturated carbocycles. The predicted octanol–water partition coefficient (Wildman–Crippen LogP) is 1.53. The average molecular weight is 298 g/mol. The number of nitrogens with two attached hydrogens (primary N) is 1. The van der Waals surface area contributed by atoms with Crippen LogP contribution in [-0.4, -0.2) is 42.9 Å². The van der Waals surface area contributed by atoms with Crippen molar-refractivity contribution in [3.8, 4) is 0 Å². The number of rotatable bonds is 1. The normalized spacial score (nSPS) is 21.0. The number of nitrogens with zero attached hydrogens (tertiary/aromatic N) is 1. The van der Waals surface area contributed by atoms with E-state index in [4.69, 9.17) is 15.2 Å². The van der Waals surface area contributed by atoms with E-state index < -0.39 is 28.9 Å². The molecule has 3 rings (SSSR count). The summed E-state index contributed by atoms with van der Waals surface area (Å²) in [6.07, 6.45) is 0.981. The Morgan fingerprint density at radius 2 is 1.81 bits per heavy atom. The molecule has 1 aromatic carbocycles. The summed E-state index contributed by atoms with van der Waals surface area (Å²) >= 11 is 0. The highest BCUT2D eigenvalue weighted by molar-refractivity contribution is 5.95. The van der Waals surface area contributed by atoms with Gasteiger partial charge in [-0.3, -0.25) is 4.79 Å². The quantitative estimate of drug-likeness (QED) is 0.799. The zero-order valence-electron chi connectivity index (χ0n) is 11.4. The number of hydrogen-bond acceptors (Lipinski definition) is 4. The lowest BCUT2D eigenvalue weighted by atomic mass is 10.0. The number of piperidine rings is 1. The van der Waals surface area contributed by atoms with Crippen molar-refractivity contribution >= 4 is 11.6 Å². The maximum absolute atomic E-state index is 13.9. The second-order valence-corrected chi connectivity index (χ2v) is 5.23. The van der Waals surface area contributed by atoms with Crippen molar-refractivity contribution in [3.05, 3.63) is 29.3 Å². The Hall–Kier alpha value is -1.73. The van der Waals surface area contributed by atoms with Crippen LogP contribution in [0, 0.1) is 11.6 Å². The third kappa shape index (κ3) is 2.47. The van der Waals surface area contributed by atoms with Gasteiger partial charge in [-0.15, -0.1) is 0 Å². The summed E-state index contributed by atoms with van der Waals surface area (Å²) in [5.74, 6) is -3.23. The van der Waals surface area contributed by atoms with Gasteiger partial charge >= 0.3 is 0 Å². The first-order valence-corrected chi connectivity index (χ1v) is 6.83. The van der Waals surface area contributed by atoms with E-state index in [1.807, 2.05) is 0 Å². The molecule has 0 atom stereocenters. The van der Waals surface area contributed by atoms with Crippen LogP contribution in [0.2, 0.25) is 0 Å². The van der Waals surface area contributed by atoms with Gasteiger partial charge in [0, 0.05) is 25.9 Å². The van der Waals surface area contributed by atoms with Gasteiger partial charge in [-0.25, -0.2) is 8.78 Å². The molecule has 1 aromatic rings. The lowest BCUT2D eigenvalue weighted by molar-refractivity contribution is -0.181. The standard InChI is InChI=1S/C14H16F2N2O3/c15-9-1-2-10(17)12(16)11(9)13(19)18-5-3-14(4-6-18)20-7-8-21-14/h1-2H,3-8,17H2. The minimum absolute atomic E-state index is 0.240. The van der Waals surface area contributed by atoms with E-state index in [0.717, 1.165) is 12.1 Å². The summed E-state index contributed by atoms with van der Waals surface area (Å²) in [4.78, 5) is 13.7. The van der Waals surface area contributed by atoms with Crippen LogP contribution >= 0.6 is 0 Å². The molecule has 0 bridgehead atoms. The fraction of sp³-hybridized carbons (Fsp3) is 0.500. The fourth-order valence-corrected chi connectivity index (χ4v) is 2.76. The number of halogens is 2. The number of hydrogen-bond donors (Lipinski definition) is 1. The molecule has 2 N–H and O–H groups in total. The van der Waals surface area contributed by atoms with E-state index in [0.29, 0.717) is 39.1 Å². The molecule has 21 heavy (non-hydrogen) atoms. The van der Waals surface area contributed by atoms with Gasteiger partial charge in [0.05, 0.1) is 18.9 Å². The molecule has 0 aromatic heterocycles. The first-order chi connectivity index (χ1) is 10.0. The largest absolute Gasteiger partial charge is 0.396 e. The minimum Gasteiger partial charge on any atom is -0.396 e. The summed E-state index contributed by atoms with van der Waals surface area (Å²) in [6, 6.07) is 2.10. The van der Waals surface area contributed by atoms with E-state index in [2.05, 4.69) is 0 Å². The number of likely N-dealkylation sites (tertiary alicyclic amines) is 1. The smallest absolute Gasteiger partial charge is 0.259 e. The van der Waals surface area contributed by atoms with Gasteiger partial charge < -0.3 is 20.1 Å². The maximum Gasteiger partial charge on any atom is 0.259 e. The number of benzene rings is 1. The van der Waals surface area contributed by atoms with Crippen LogP contribution in [0.15, 0.2) is 12.1 Å². The molecular formula is C14H16F2N2O3. The second kappa shape index (κ2) is 5.23. The van der Waals surface area contributed by atoms with E-state index in [1.165, 1.54) is 4.90 Å². The molecule has 7 heteroatoms. The van der Waals surface area contributed by atoms with Crippen molar-refractivity contribution in [2.75, 3.05) is 32.0 Å². The molecule has 1 spiro atoms. The number of anilines is 1. The van der Waals surface area contributed by atoms with Gasteiger partial charge in [-0.1, -0.05) is 0 Å². The van der Waals surface area contributed by atoms with Gasteiger partial charge in [-0.05, 0) is 12.1 Å². The van der Waals surface area contributed by atoms with Crippen LogP contribution in [0.1, 0.15) is 23.2 Å². The molecular weight excluding hydrogens is 282 g/mol. The highest BCUT2D eigenvalue weighted by atomic mass is 19.1. The van der Waals surface area contributed by atoms with Crippen LogP contribution in [0.4, 0.5) is 14.5 Å². The molecule has 2 heterocycles. The van der Waals surface area contributed by atoms with Crippen molar-refractivity contribution in [3.63, 3.8) is 0 Å². The average Bonchev–Trinajstić information content (AvgIpc) is 2.92. The Morgan fingerprint density at radius 1 is 1.19 bits per heavy atom. The Balaban J connectivity index is 1.77. The summed E-state index contributed by atoms with van der Waals surface area (Å²) in [6.45, 7) is 1.72. The van der Waals surface area contributed by atoms with Crippen molar-refractivity contribution in [2.45, 2.75) is 18.6 Å². The van der Waals surface area contributed by atoms with Crippen LogP contribution in [0.25, 0.3) is 0 Å². The SMILES string of the molecule is Nc1ccc(F)c(C(=O)N2CCC3(CC2)OCCO3)c1F.